The molecule has 3 nitrogen and oxygen atoms in total. The van der Waals surface area contributed by atoms with E-state index in [1.54, 1.807) is 12.4 Å². The van der Waals surface area contributed by atoms with E-state index in [1.807, 2.05) is 6.92 Å². The van der Waals surface area contributed by atoms with Gasteiger partial charge in [0.25, 0.3) is 0 Å². The molecular weight excluding hydrogens is 180 g/mol. The summed E-state index contributed by atoms with van der Waals surface area (Å²) in [4.78, 5) is 8.79. The Morgan fingerprint density at radius 2 is 2.18 bits per heavy atom. The Bertz CT molecular complexity index is 214. The van der Waals surface area contributed by atoms with Crippen LogP contribution in [0.3, 0.4) is 0 Å². The summed E-state index contributed by atoms with van der Waals surface area (Å²) in [5.74, 6) is 0. The van der Waals surface area contributed by atoms with Crippen LogP contribution in [0, 0.1) is 0 Å². The van der Waals surface area contributed by atoms with Crippen molar-refractivity contribution in [2.75, 3.05) is 6.61 Å². The van der Waals surface area contributed by atoms with Crippen LogP contribution in [-0.4, -0.2) is 16.6 Å². The predicted molar refractivity (Wildman–Crippen MR) is 48.0 cm³/mol. The van der Waals surface area contributed by atoms with Crippen LogP contribution in [0.1, 0.15) is 6.92 Å². The number of hydrogen-bond donors (Lipinski definition) is 1. The Hall–Kier alpha value is -0.420. The second-order valence-electron chi connectivity index (χ2n) is 1.73. The van der Waals surface area contributed by atoms with E-state index in [9.17, 15) is 0 Å². The van der Waals surface area contributed by atoms with Crippen molar-refractivity contribution >= 4 is 22.5 Å². The Morgan fingerprint density at radius 1 is 1.55 bits per heavy atom. The van der Waals surface area contributed by atoms with Gasteiger partial charge in [0, 0.05) is 12.4 Å². The molecule has 0 radical (unpaired) electrons. The molecule has 1 aromatic rings. The van der Waals surface area contributed by atoms with Crippen molar-refractivity contribution in [3.05, 3.63) is 12.4 Å². The van der Waals surface area contributed by atoms with Crippen molar-refractivity contribution in [1.29, 1.82) is 0 Å². The molecule has 0 saturated heterocycles. The first-order chi connectivity index (χ1) is 5.36. The molecule has 0 fully saturated rings. The van der Waals surface area contributed by atoms with Crippen LogP contribution in [0.5, 0.6) is 6.01 Å². The minimum absolute atomic E-state index is 0.415. The lowest BCUT2D eigenvalue weighted by Gasteiger charge is -1.99. The predicted octanol–water partition coefficient (Wildman–Crippen LogP) is 1.81. The number of nitrogens with zero attached hydrogens (tertiary/aromatic N) is 2. The van der Waals surface area contributed by atoms with Gasteiger partial charge < -0.3 is 4.74 Å². The average molecular weight is 188 g/mol. The maximum atomic E-state index is 5.05. The number of aromatic nitrogens is 2. The first-order valence-electron chi connectivity index (χ1n) is 3.13. The highest BCUT2D eigenvalue weighted by molar-refractivity contribution is 8.68. The monoisotopic (exact) mass is 188 g/mol. The molecule has 60 valence electrons. The van der Waals surface area contributed by atoms with E-state index in [0.29, 0.717) is 12.6 Å². The topological polar surface area (TPSA) is 35.0 Å². The lowest BCUT2D eigenvalue weighted by Crippen LogP contribution is -1.96. The minimum atomic E-state index is 0.415. The van der Waals surface area contributed by atoms with Crippen LogP contribution in [0.4, 0.5) is 0 Å². The van der Waals surface area contributed by atoms with Crippen molar-refractivity contribution in [1.82, 2.24) is 9.97 Å². The highest BCUT2D eigenvalue weighted by Gasteiger charge is 1.95. The smallest absolute Gasteiger partial charge is 0.316 e. The lowest BCUT2D eigenvalue weighted by molar-refractivity contribution is 0.311. The second-order valence-corrected chi connectivity index (χ2v) is 2.93. The van der Waals surface area contributed by atoms with Gasteiger partial charge in [-0.25, -0.2) is 9.97 Å². The molecule has 0 bridgehead atoms. The van der Waals surface area contributed by atoms with Gasteiger partial charge in [0.05, 0.1) is 11.5 Å². The molecular formula is C6H8N2OS2. The van der Waals surface area contributed by atoms with Crippen molar-refractivity contribution in [2.24, 2.45) is 0 Å². The fourth-order valence-electron chi connectivity index (χ4n) is 0.555. The standard InChI is InChI=1S/C6H8N2OS2/c1-2-9-6-7-3-5(11-10)4-8-6/h3-4,10H,2H2,1H3. The highest BCUT2D eigenvalue weighted by atomic mass is 33.1. The average Bonchev–Trinajstić information content (AvgIpc) is 2.07. The minimum Gasteiger partial charge on any atom is -0.464 e. The molecule has 0 aromatic carbocycles. The summed E-state index contributed by atoms with van der Waals surface area (Å²) in [5.41, 5.74) is 0. The number of ether oxygens (including phenoxy) is 1. The normalized spacial score (nSPS) is 9.64. The third-order valence-electron chi connectivity index (χ3n) is 0.983. The van der Waals surface area contributed by atoms with Gasteiger partial charge in [0.15, 0.2) is 0 Å². The third-order valence-corrected chi connectivity index (χ3v) is 2.04. The Balaban J connectivity index is 2.66. The van der Waals surface area contributed by atoms with Crippen LogP contribution in [0.25, 0.3) is 0 Å². The van der Waals surface area contributed by atoms with E-state index in [4.69, 9.17) is 4.74 Å². The Labute approximate surface area is 74.4 Å². The SMILES string of the molecule is CCOc1ncc(SS)cn1. The van der Waals surface area contributed by atoms with Gasteiger partial charge >= 0.3 is 6.01 Å². The molecule has 1 heterocycles. The Kier molecular flexibility index (Phi) is 3.51. The molecule has 1 rings (SSSR count). The summed E-state index contributed by atoms with van der Waals surface area (Å²) in [5, 5.41) is 0. The van der Waals surface area contributed by atoms with Crippen molar-refractivity contribution < 1.29 is 4.74 Å². The number of thiol groups is 1. The van der Waals surface area contributed by atoms with Gasteiger partial charge in [0.2, 0.25) is 0 Å². The van der Waals surface area contributed by atoms with E-state index in [0.717, 1.165) is 4.90 Å². The molecule has 0 aliphatic rings. The fraction of sp³-hybridized carbons (Fsp3) is 0.333. The van der Waals surface area contributed by atoms with Crippen molar-refractivity contribution in [3.8, 4) is 6.01 Å². The molecule has 0 aliphatic carbocycles. The van der Waals surface area contributed by atoms with E-state index in [2.05, 4.69) is 21.6 Å². The lowest BCUT2D eigenvalue weighted by atomic mass is 10.7. The fourth-order valence-corrected chi connectivity index (χ4v) is 1.04. The molecule has 5 heteroatoms. The molecule has 0 aliphatic heterocycles. The Morgan fingerprint density at radius 3 is 2.64 bits per heavy atom. The van der Waals surface area contributed by atoms with Crippen LogP contribution in [-0.2, 0) is 0 Å². The summed E-state index contributed by atoms with van der Waals surface area (Å²) in [6.07, 6.45) is 3.35. The zero-order valence-electron chi connectivity index (χ0n) is 6.02. The first kappa shape index (κ1) is 8.67. The van der Waals surface area contributed by atoms with Crippen LogP contribution < -0.4 is 4.74 Å². The largest absolute Gasteiger partial charge is 0.464 e. The summed E-state index contributed by atoms with van der Waals surface area (Å²) >= 11 is 3.99. The zero-order chi connectivity index (χ0) is 8.10. The van der Waals surface area contributed by atoms with Crippen LogP contribution >= 0.6 is 22.5 Å². The van der Waals surface area contributed by atoms with Gasteiger partial charge in [-0.05, 0) is 6.92 Å². The molecule has 0 unspecified atom stereocenters. The zero-order valence-corrected chi connectivity index (χ0v) is 7.73. The second kappa shape index (κ2) is 4.46. The van der Waals surface area contributed by atoms with Gasteiger partial charge in [-0.1, -0.05) is 10.8 Å². The molecule has 0 spiro atoms. The van der Waals surface area contributed by atoms with Gasteiger partial charge in [0.1, 0.15) is 0 Å². The molecule has 1 aromatic heterocycles. The van der Waals surface area contributed by atoms with E-state index < -0.39 is 0 Å². The first-order valence-corrected chi connectivity index (χ1v) is 5.00. The van der Waals surface area contributed by atoms with E-state index in [-0.39, 0.29) is 0 Å². The number of hydrogen-bond acceptors (Lipinski definition) is 5. The summed E-state index contributed by atoms with van der Waals surface area (Å²) < 4.78 is 5.05. The van der Waals surface area contributed by atoms with E-state index in [1.165, 1.54) is 10.8 Å². The quantitative estimate of drug-likeness (QED) is 0.579. The summed E-state index contributed by atoms with van der Waals surface area (Å²) in [6, 6.07) is 0.415. The van der Waals surface area contributed by atoms with Gasteiger partial charge in [-0.2, -0.15) is 0 Å². The van der Waals surface area contributed by atoms with Crippen LogP contribution in [0.15, 0.2) is 17.3 Å². The van der Waals surface area contributed by atoms with Crippen molar-refractivity contribution in [2.45, 2.75) is 11.8 Å². The molecule has 0 saturated carbocycles. The third kappa shape index (κ3) is 2.59. The van der Waals surface area contributed by atoms with Gasteiger partial charge in [-0.3, -0.25) is 0 Å². The highest BCUT2D eigenvalue weighted by Crippen LogP contribution is 2.19. The van der Waals surface area contributed by atoms with Gasteiger partial charge in [-0.15, -0.1) is 11.7 Å². The summed E-state index contributed by atoms with van der Waals surface area (Å²) in [6.45, 7) is 2.48. The maximum absolute atomic E-state index is 5.05. The molecule has 0 amide bonds. The molecule has 0 N–H and O–H groups in total. The molecule has 11 heavy (non-hydrogen) atoms. The molecule has 0 atom stereocenters. The summed E-state index contributed by atoms with van der Waals surface area (Å²) in [7, 11) is 1.31. The van der Waals surface area contributed by atoms with Crippen molar-refractivity contribution in [3.63, 3.8) is 0 Å². The maximum Gasteiger partial charge on any atom is 0.316 e. The number of rotatable bonds is 3. The van der Waals surface area contributed by atoms with E-state index >= 15 is 0 Å². The van der Waals surface area contributed by atoms with Crippen LogP contribution in [0.2, 0.25) is 0 Å².